The molecule has 3 aromatic rings. The van der Waals surface area contributed by atoms with Gasteiger partial charge in [-0.05, 0) is 54.4 Å². The zero-order chi connectivity index (χ0) is 26.7. The van der Waals surface area contributed by atoms with Crippen molar-refractivity contribution >= 4 is 29.2 Å². The van der Waals surface area contributed by atoms with Crippen molar-refractivity contribution in [3.8, 4) is 5.75 Å². The van der Waals surface area contributed by atoms with Gasteiger partial charge in [0.15, 0.2) is 0 Å². The lowest BCUT2D eigenvalue weighted by Crippen LogP contribution is -2.46. The number of aliphatic hydroxyl groups is 1. The van der Waals surface area contributed by atoms with Gasteiger partial charge in [-0.25, -0.2) is 13.6 Å². The number of urea groups is 1. The van der Waals surface area contributed by atoms with Crippen LogP contribution in [-0.2, 0) is 13.1 Å². The van der Waals surface area contributed by atoms with E-state index in [2.05, 4.69) is 5.32 Å². The SMILES string of the molecule is C[C@H]1c2ccc(C(=O)NCc3cc(F)cc(OCCO)c3)cc2N(Cc2c(F)cccc2Cl)C(=O)N1C. The Labute approximate surface area is 218 Å². The number of aliphatic hydroxyl groups excluding tert-OH is 1. The summed E-state index contributed by atoms with van der Waals surface area (Å²) in [4.78, 5) is 29.1. The molecule has 4 rings (SSSR count). The molecule has 0 unspecified atom stereocenters. The maximum atomic E-state index is 14.5. The van der Waals surface area contributed by atoms with Crippen LogP contribution in [0.25, 0.3) is 0 Å². The number of hydrogen-bond acceptors (Lipinski definition) is 4. The average molecular weight is 530 g/mol. The van der Waals surface area contributed by atoms with E-state index in [1.807, 2.05) is 6.92 Å². The predicted molar refractivity (Wildman–Crippen MR) is 136 cm³/mol. The zero-order valence-corrected chi connectivity index (χ0v) is 21.1. The Morgan fingerprint density at radius 3 is 2.68 bits per heavy atom. The summed E-state index contributed by atoms with van der Waals surface area (Å²) in [5, 5.41) is 11.8. The van der Waals surface area contributed by atoms with Crippen LogP contribution in [0.1, 0.15) is 40.0 Å². The molecule has 0 saturated heterocycles. The van der Waals surface area contributed by atoms with Gasteiger partial charge in [0.2, 0.25) is 0 Å². The van der Waals surface area contributed by atoms with Crippen molar-refractivity contribution in [3.63, 3.8) is 0 Å². The van der Waals surface area contributed by atoms with Gasteiger partial charge < -0.3 is 20.1 Å². The maximum absolute atomic E-state index is 14.5. The monoisotopic (exact) mass is 529 g/mol. The maximum Gasteiger partial charge on any atom is 0.325 e. The number of nitrogens with zero attached hydrogens (tertiary/aromatic N) is 2. The van der Waals surface area contributed by atoms with Crippen molar-refractivity contribution < 1.29 is 28.2 Å². The molecule has 1 atom stereocenters. The lowest BCUT2D eigenvalue weighted by atomic mass is 9.98. The van der Waals surface area contributed by atoms with Gasteiger partial charge in [0.05, 0.1) is 24.9 Å². The third kappa shape index (κ3) is 5.68. The number of hydrogen-bond donors (Lipinski definition) is 2. The molecule has 1 heterocycles. The highest BCUT2D eigenvalue weighted by molar-refractivity contribution is 6.31. The minimum atomic E-state index is -0.535. The highest BCUT2D eigenvalue weighted by Crippen LogP contribution is 2.38. The molecule has 0 saturated carbocycles. The van der Waals surface area contributed by atoms with E-state index < -0.39 is 17.5 Å². The van der Waals surface area contributed by atoms with Crippen molar-refractivity contribution in [1.82, 2.24) is 10.2 Å². The molecular formula is C27H26ClF2N3O4. The third-order valence-electron chi connectivity index (χ3n) is 6.27. The van der Waals surface area contributed by atoms with Gasteiger partial charge in [0.25, 0.3) is 5.91 Å². The largest absolute Gasteiger partial charge is 0.491 e. The van der Waals surface area contributed by atoms with Gasteiger partial charge in [-0.15, -0.1) is 0 Å². The van der Waals surface area contributed by atoms with Crippen LogP contribution in [0, 0.1) is 11.6 Å². The number of amides is 3. The second kappa shape index (κ2) is 11.1. The van der Waals surface area contributed by atoms with E-state index in [-0.39, 0.29) is 60.3 Å². The second-order valence-electron chi connectivity index (χ2n) is 8.68. The van der Waals surface area contributed by atoms with Gasteiger partial charge in [-0.1, -0.05) is 23.7 Å². The Balaban J connectivity index is 1.59. The van der Waals surface area contributed by atoms with E-state index in [0.717, 1.165) is 5.56 Å². The number of ether oxygens (including phenoxy) is 1. The second-order valence-corrected chi connectivity index (χ2v) is 9.09. The van der Waals surface area contributed by atoms with Crippen LogP contribution in [0.5, 0.6) is 5.75 Å². The Hall–Kier alpha value is -3.69. The van der Waals surface area contributed by atoms with E-state index in [1.54, 1.807) is 37.4 Å². The van der Waals surface area contributed by atoms with Gasteiger partial charge in [-0.2, -0.15) is 0 Å². The Morgan fingerprint density at radius 1 is 1.16 bits per heavy atom. The highest BCUT2D eigenvalue weighted by atomic mass is 35.5. The van der Waals surface area contributed by atoms with Crippen LogP contribution in [-0.4, -0.2) is 42.2 Å². The van der Waals surface area contributed by atoms with Gasteiger partial charge in [0.1, 0.15) is 24.0 Å². The fourth-order valence-corrected chi connectivity index (χ4v) is 4.41. The minimum absolute atomic E-state index is 0.0191. The predicted octanol–water partition coefficient (Wildman–Crippen LogP) is 5.05. The number of fused-ring (bicyclic) bond motifs is 1. The van der Waals surface area contributed by atoms with Crippen molar-refractivity contribution in [2.24, 2.45) is 0 Å². The summed E-state index contributed by atoms with van der Waals surface area (Å²) in [6.45, 7) is 1.59. The van der Waals surface area contributed by atoms with Gasteiger partial charge >= 0.3 is 6.03 Å². The van der Waals surface area contributed by atoms with Crippen molar-refractivity contribution in [1.29, 1.82) is 0 Å². The number of anilines is 1. The Bertz CT molecular complexity index is 1320. The highest BCUT2D eigenvalue weighted by Gasteiger charge is 2.34. The molecular weight excluding hydrogens is 504 g/mol. The first-order chi connectivity index (χ1) is 17.7. The van der Waals surface area contributed by atoms with E-state index >= 15 is 0 Å². The molecule has 10 heteroatoms. The molecule has 1 aliphatic rings. The topological polar surface area (TPSA) is 82.1 Å². The first-order valence-corrected chi connectivity index (χ1v) is 12.0. The molecule has 0 aliphatic carbocycles. The van der Waals surface area contributed by atoms with Crippen LogP contribution in [0.2, 0.25) is 5.02 Å². The normalized spacial score (nSPS) is 15.0. The number of benzene rings is 3. The Kier molecular flexibility index (Phi) is 7.94. The van der Waals surface area contributed by atoms with Crippen molar-refractivity contribution in [2.75, 3.05) is 25.2 Å². The number of nitrogens with one attached hydrogen (secondary N) is 1. The number of carbonyl (C=O) groups excluding carboxylic acids is 2. The molecule has 0 spiro atoms. The summed E-state index contributed by atoms with van der Waals surface area (Å²) < 4.78 is 33.7. The smallest absolute Gasteiger partial charge is 0.325 e. The lowest BCUT2D eigenvalue weighted by Gasteiger charge is -2.39. The fraction of sp³-hybridized carbons (Fsp3) is 0.259. The molecule has 0 bridgehead atoms. The van der Waals surface area contributed by atoms with Crippen LogP contribution >= 0.6 is 11.6 Å². The quantitative estimate of drug-likeness (QED) is 0.428. The molecule has 0 fully saturated rings. The van der Waals surface area contributed by atoms with E-state index in [1.165, 1.54) is 34.1 Å². The van der Waals surface area contributed by atoms with Crippen LogP contribution in [0.3, 0.4) is 0 Å². The van der Waals surface area contributed by atoms with E-state index in [4.69, 9.17) is 21.4 Å². The van der Waals surface area contributed by atoms with Gasteiger partial charge in [-0.3, -0.25) is 9.69 Å². The summed E-state index contributed by atoms with van der Waals surface area (Å²) >= 11 is 6.22. The van der Waals surface area contributed by atoms with Gasteiger partial charge in [0, 0.05) is 35.8 Å². The van der Waals surface area contributed by atoms with E-state index in [0.29, 0.717) is 11.3 Å². The summed E-state index contributed by atoms with van der Waals surface area (Å²) in [7, 11) is 1.66. The summed E-state index contributed by atoms with van der Waals surface area (Å²) in [5.74, 6) is -1.26. The van der Waals surface area contributed by atoms with Crippen LogP contribution in [0.4, 0.5) is 19.3 Å². The first kappa shape index (κ1) is 26.4. The molecule has 7 nitrogen and oxygen atoms in total. The molecule has 194 valence electrons. The van der Waals surface area contributed by atoms with Crippen LogP contribution in [0.15, 0.2) is 54.6 Å². The molecule has 37 heavy (non-hydrogen) atoms. The summed E-state index contributed by atoms with van der Waals surface area (Å²) in [6, 6.07) is 12.7. The number of rotatable bonds is 8. The lowest BCUT2D eigenvalue weighted by molar-refractivity contribution is 0.0950. The summed E-state index contributed by atoms with van der Waals surface area (Å²) in [5.41, 5.74) is 2.20. The summed E-state index contributed by atoms with van der Waals surface area (Å²) in [6.07, 6.45) is 0. The molecule has 0 aromatic heterocycles. The minimum Gasteiger partial charge on any atom is -0.491 e. The molecule has 0 radical (unpaired) electrons. The zero-order valence-electron chi connectivity index (χ0n) is 20.3. The fourth-order valence-electron chi connectivity index (χ4n) is 4.19. The molecule has 1 aliphatic heterocycles. The number of carbonyl (C=O) groups is 2. The van der Waals surface area contributed by atoms with Crippen molar-refractivity contribution in [2.45, 2.75) is 26.1 Å². The average Bonchev–Trinajstić information content (AvgIpc) is 2.88. The Morgan fingerprint density at radius 2 is 1.95 bits per heavy atom. The standard InChI is InChI=1S/C27H26ClF2N3O4/c1-16-21-7-6-18(26(35)31-14-17-10-19(29)13-20(11-17)37-9-8-34)12-25(21)33(27(36)32(16)2)15-22-23(28)4-3-5-24(22)30/h3-7,10-13,16,34H,8-9,14-15H2,1-2H3,(H,31,35)/t16-/m0/s1. The molecule has 3 amide bonds. The molecule has 2 N–H and O–H groups in total. The first-order valence-electron chi connectivity index (χ1n) is 11.6. The van der Waals surface area contributed by atoms with Crippen LogP contribution < -0.4 is 15.0 Å². The van der Waals surface area contributed by atoms with E-state index in [9.17, 15) is 18.4 Å². The molecule has 3 aromatic carbocycles. The third-order valence-corrected chi connectivity index (χ3v) is 6.62. The van der Waals surface area contributed by atoms with Crippen molar-refractivity contribution in [3.05, 3.63) is 93.5 Å². The number of halogens is 3.